The van der Waals surface area contributed by atoms with Gasteiger partial charge in [-0.05, 0) is 157 Å². The Morgan fingerprint density at radius 3 is 1.09 bits per heavy atom. The van der Waals surface area contributed by atoms with E-state index in [2.05, 4.69) is 76.9 Å². The van der Waals surface area contributed by atoms with Crippen molar-refractivity contribution >= 4 is 17.1 Å². The first-order valence-electron chi connectivity index (χ1n) is 34.5. The topological polar surface area (TPSA) is 234 Å². The zero-order valence-corrected chi connectivity index (χ0v) is 63.8. The maximum atomic E-state index is 13.2. The van der Waals surface area contributed by atoms with Gasteiger partial charge in [0.05, 0.1) is 92.1 Å². The van der Waals surface area contributed by atoms with Crippen LogP contribution >= 0.6 is 17.1 Å². The summed E-state index contributed by atoms with van der Waals surface area (Å²) in [5.74, 6) is 2.84. The first-order chi connectivity index (χ1) is 49.5. The minimum atomic E-state index is -1.66. The molecule has 0 fully saturated rings. The van der Waals surface area contributed by atoms with Gasteiger partial charge in [0.1, 0.15) is 34.2 Å². The van der Waals surface area contributed by atoms with Crippen molar-refractivity contribution in [1.82, 2.24) is 27.6 Å². The Labute approximate surface area is 608 Å². The van der Waals surface area contributed by atoms with Gasteiger partial charge in [0.25, 0.3) is 28.2 Å². The molecule has 4 unspecified atom stereocenters. The number of hydrogen-bond acceptors (Lipinski definition) is 18. The fraction of sp³-hybridized carbons (Fsp3) is 0.418. The molecule has 103 heavy (non-hydrogen) atoms. The second kappa shape index (κ2) is 39.9. The summed E-state index contributed by atoms with van der Waals surface area (Å²) in [5.41, 5.74) is 1.97. The number of hydrogen-bond donors (Lipinski definition) is 0. The molecule has 550 valence electrons. The lowest BCUT2D eigenvalue weighted by Crippen LogP contribution is -2.40. The van der Waals surface area contributed by atoms with Gasteiger partial charge >= 0.3 is 11.4 Å². The SMILES string of the molecule is COc1ccc(C(OCC(CCn2cc(C)c(=O)n(C)c2=O)OP(OCCC#N)N(C(C)C)C(C)C)(c2ccccc2)c2ccc(OC)cc2)cc1.COc1ccc(C(OCC(CCn2ccc(=O)n(C)c2=O)OP(OCCC#N)N(C(C)C)C(C)C)(c2ccccc2)c2ccc(OC)cc2)cc1. The molecule has 8 aromatic rings. The minimum absolute atomic E-state index is 0.0747. The predicted octanol–water partition coefficient (Wildman–Crippen LogP) is 13.6. The monoisotopic (exact) mass is 1450 g/mol. The molecule has 0 radical (unpaired) electrons. The minimum Gasteiger partial charge on any atom is -0.497 e. The molecule has 0 bridgehead atoms. The van der Waals surface area contributed by atoms with Crippen LogP contribution in [0.2, 0.25) is 0 Å². The third-order valence-corrected chi connectivity index (χ3v) is 21.7. The fourth-order valence-corrected chi connectivity index (χ4v) is 15.6. The van der Waals surface area contributed by atoms with Crippen LogP contribution < -0.4 is 41.4 Å². The van der Waals surface area contributed by atoms with E-state index in [-0.39, 0.29) is 87.6 Å². The maximum absolute atomic E-state index is 13.2. The highest BCUT2D eigenvalue weighted by Gasteiger charge is 2.42. The number of rotatable bonds is 38. The van der Waals surface area contributed by atoms with Crippen molar-refractivity contribution in [2.24, 2.45) is 14.1 Å². The Kier molecular flexibility index (Phi) is 31.6. The summed E-state index contributed by atoms with van der Waals surface area (Å²) in [5, 5.41) is 18.6. The first-order valence-corrected chi connectivity index (χ1v) is 36.8. The number of methoxy groups -OCH3 is 4. The molecular formula is C79H100N8O14P2. The number of ether oxygens (including phenoxy) is 6. The third kappa shape index (κ3) is 21.1. The van der Waals surface area contributed by atoms with Crippen molar-refractivity contribution in [3.05, 3.63) is 257 Å². The molecule has 0 saturated heterocycles. The molecule has 2 aromatic heterocycles. The van der Waals surface area contributed by atoms with Crippen molar-refractivity contribution < 1.29 is 46.5 Å². The van der Waals surface area contributed by atoms with Crippen LogP contribution in [0.15, 0.2) is 195 Å². The van der Waals surface area contributed by atoms with Crippen LogP contribution in [0, 0.1) is 29.6 Å². The Morgan fingerprint density at radius 1 is 0.447 bits per heavy atom. The number of aromatic nitrogens is 4. The summed E-state index contributed by atoms with van der Waals surface area (Å²) in [6, 6.07) is 57.2. The van der Waals surface area contributed by atoms with Crippen molar-refractivity contribution in [3.8, 4) is 35.1 Å². The molecule has 6 aromatic carbocycles. The number of nitriles is 2. The van der Waals surface area contributed by atoms with Crippen molar-refractivity contribution in [1.29, 1.82) is 10.5 Å². The highest BCUT2D eigenvalue weighted by Crippen LogP contribution is 2.51. The molecule has 4 atom stereocenters. The van der Waals surface area contributed by atoms with Gasteiger partial charge in [-0.1, -0.05) is 109 Å². The summed E-state index contributed by atoms with van der Waals surface area (Å²) >= 11 is 0. The van der Waals surface area contributed by atoms with Gasteiger partial charge in [-0.25, -0.2) is 18.9 Å². The molecule has 0 spiro atoms. The Morgan fingerprint density at radius 2 is 0.767 bits per heavy atom. The van der Waals surface area contributed by atoms with E-state index in [4.69, 9.17) is 46.5 Å². The fourth-order valence-electron chi connectivity index (χ4n) is 12.2. The van der Waals surface area contributed by atoms with Gasteiger partial charge < -0.3 is 55.7 Å². The number of aryl methyl sites for hydroxylation is 3. The number of benzene rings is 6. The van der Waals surface area contributed by atoms with Gasteiger partial charge in [0, 0.05) is 75.4 Å². The summed E-state index contributed by atoms with van der Waals surface area (Å²) in [6.45, 7) is 19.5. The van der Waals surface area contributed by atoms with E-state index in [0.717, 1.165) is 42.5 Å². The molecule has 24 heteroatoms. The molecule has 0 N–H and O–H groups in total. The van der Waals surface area contributed by atoms with Crippen LogP contribution in [-0.4, -0.2) is 119 Å². The van der Waals surface area contributed by atoms with Gasteiger partial charge in [-0.15, -0.1) is 0 Å². The van der Waals surface area contributed by atoms with E-state index in [0.29, 0.717) is 41.4 Å². The van der Waals surface area contributed by atoms with E-state index in [1.807, 2.05) is 158 Å². The molecule has 0 aliphatic carbocycles. The lowest BCUT2D eigenvalue weighted by atomic mass is 9.80. The smallest absolute Gasteiger partial charge is 0.330 e. The molecule has 0 aliphatic rings. The molecular weight excluding hydrogens is 1350 g/mol. The van der Waals surface area contributed by atoms with Gasteiger partial charge in [0.15, 0.2) is 0 Å². The molecule has 0 saturated carbocycles. The second-order valence-electron chi connectivity index (χ2n) is 25.6. The van der Waals surface area contributed by atoms with Crippen molar-refractivity contribution in [3.63, 3.8) is 0 Å². The second-order valence-corrected chi connectivity index (χ2v) is 28.4. The molecule has 2 heterocycles. The Bertz CT molecular complexity index is 4130. The van der Waals surface area contributed by atoms with Gasteiger partial charge in [0.2, 0.25) is 0 Å². The highest BCUT2D eigenvalue weighted by atomic mass is 31.2. The molecule has 0 amide bonds. The third-order valence-electron chi connectivity index (χ3n) is 17.3. The van der Waals surface area contributed by atoms with Crippen LogP contribution in [0.4, 0.5) is 0 Å². The lowest BCUT2D eigenvalue weighted by molar-refractivity contribution is -0.0372. The van der Waals surface area contributed by atoms with E-state index in [1.54, 1.807) is 41.6 Å². The first kappa shape index (κ1) is 81.7. The summed E-state index contributed by atoms with van der Waals surface area (Å²) < 4.78 is 72.5. The quantitative estimate of drug-likeness (QED) is 0.0199. The average Bonchev–Trinajstić information content (AvgIpc) is 0.758. The molecule has 8 rings (SSSR count). The van der Waals surface area contributed by atoms with E-state index in [9.17, 15) is 29.7 Å². The maximum Gasteiger partial charge on any atom is 0.330 e. The Balaban J connectivity index is 0.000000288. The van der Waals surface area contributed by atoms with Crippen molar-refractivity contribution in [2.75, 3.05) is 54.9 Å². The zero-order valence-electron chi connectivity index (χ0n) is 62.0. The molecule has 0 aliphatic heterocycles. The van der Waals surface area contributed by atoms with Crippen LogP contribution in [0.5, 0.6) is 23.0 Å². The Hall–Kier alpha value is -8.60. The largest absolute Gasteiger partial charge is 0.497 e. The van der Waals surface area contributed by atoms with Gasteiger partial charge in [-0.2, -0.15) is 10.5 Å². The van der Waals surface area contributed by atoms with E-state index < -0.39 is 51.8 Å². The highest BCUT2D eigenvalue weighted by molar-refractivity contribution is 7.44. The van der Waals surface area contributed by atoms with Crippen LogP contribution in [0.3, 0.4) is 0 Å². The predicted molar refractivity (Wildman–Crippen MR) is 403 cm³/mol. The normalized spacial score (nSPS) is 13.0. The zero-order chi connectivity index (χ0) is 74.8. The summed E-state index contributed by atoms with van der Waals surface area (Å²) in [7, 11) is 6.16. The summed E-state index contributed by atoms with van der Waals surface area (Å²) in [4.78, 5) is 50.9. The van der Waals surface area contributed by atoms with Crippen LogP contribution in [0.25, 0.3) is 0 Å². The summed E-state index contributed by atoms with van der Waals surface area (Å²) in [6.07, 6.45) is 3.08. The standard InChI is InChI=1S/C40H51N4O7P.C39H49N4O7P/c1-29(2)44(30(3)4)52(50-26-12-24-41)51-37(23-25-43-27-31(5)38(45)42(6)39(43)46)28-49-40(32-13-10-9-11-14-32,33-15-19-35(47-7)20-16-33)34-17-21-36(48-8)22-18-34;1-29(2)43(30(3)4)51(49-27-11-24-40)50-36(22-25-42-26-23-37(44)41(5)38(42)45)28-48-39(31-12-9-8-10-13-31,32-14-18-34(46-6)19-15-32)33-16-20-35(47-7)21-17-33/h9-11,13-22,27,29-30,37H,12,23,25-26,28H2,1-8H3;8-10,12-21,23,26,29-30,36H,11,22,25,27-28H2,1-7H3. The van der Waals surface area contributed by atoms with E-state index in [1.165, 1.54) is 35.5 Å². The van der Waals surface area contributed by atoms with E-state index >= 15 is 0 Å². The average molecular weight is 1450 g/mol. The van der Waals surface area contributed by atoms with Gasteiger partial charge in [-0.3, -0.25) is 18.7 Å². The van der Waals surface area contributed by atoms with Crippen LogP contribution in [-0.2, 0) is 66.0 Å². The van der Waals surface area contributed by atoms with Crippen molar-refractivity contribution in [2.45, 2.75) is 149 Å². The lowest BCUT2D eigenvalue weighted by Gasteiger charge is -2.39. The number of nitrogens with zero attached hydrogens (tertiary/aromatic N) is 8. The van der Waals surface area contributed by atoms with Crippen LogP contribution in [0.1, 0.15) is 120 Å². The molecule has 22 nitrogen and oxygen atoms in total.